The molecule has 0 aliphatic rings. The number of hydrogen-bond acceptors (Lipinski definition) is 1. The van der Waals surface area contributed by atoms with E-state index in [9.17, 15) is 0 Å². The molecule has 0 saturated carbocycles. The van der Waals surface area contributed by atoms with E-state index in [4.69, 9.17) is 5.11 Å². The Bertz CT molecular complexity index is 46.5. The van der Waals surface area contributed by atoms with E-state index < -0.39 is 0 Å². The highest BCUT2D eigenvalue weighted by atomic mass is 16.3. The molecule has 0 heterocycles. The van der Waals surface area contributed by atoms with Gasteiger partial charge in [0.05, 0.1) is 27.7 Å². The van der Waals surface area contributed by atoms with E-state index in [0.29, 0.717) is 0 Å². The topological polar surface area (TPSA) is 20.2 Å². The van der Waals surface area contributed by atoms with Crippen LogP contribution < -0.4 is 0 Å². The summed E-state index contributed by atoms with van der Waals surface area (Å²) >= 11 is 0. The minimum absolute atomic E-state index is 0.281. The van der Waals surface area contributed by atoms with Crippen molar-refractivity contribution in [1.82, 2.24) is 0 Å². The van der Waals surface area contributed by atoms with E-state index >= 15 is 0 Å². The molecule has 0 spiro atoms. The fourth-order valence-corrected chi connectivity index (χ4v) is 0.300. The van der Waals surface area contributed by atoms with Gasteiger partial charge < -0.3 is 9.59 Å². The Labute approximate surface area is 45.0 Å². The molecule has 7 heavy (non-hydrogen) atoms. The highest BCUT2D eigenvalue weighted by Crippen LogP contribution is 1.84. The molecule has 1 N–H and O–H groups in total. The predicted molar refractivity (Wildman–Crippen MR) is 30.0 cm³/mol. The van der Waals surface area contributed by atoms with Crippen LogP contribution in [-0.2, 0) is 0 Å². The van der Waals surface area contributed by atoms with Gasteiger partial charge in [-0.1, -0.05) is 0 Å². The van der Waals surface area contributed by atoms with Gasteiger partial charge in [0.25, 0.3) is 0 Å². The molecule has 2 nitrogen and oxygen atoms in total. The van der Waals surface area contributed by atoms with Crippen LogP contribution in [0.15, 0.2) is 0 Å². The van der Waals surface area contributed by atoms with E-state index in [2.05, 4.69) is 21.1 Å². The third-order valence-electron chi connectivity index (χ3n) is 0.771. The summed E-state index contributed by atoms with van der Waals surface area (Å²) < 4.78 is 0.844. The minimum Gasteiger partial charge on any atom is -0.391 e. The molecule has 0 unspecified atom stereocenters. The minimum atomic E-state index is 0.281. The molecular formula is C5H14NO+. The van der Waals surface area contributed by atoms with E-state index in [1.54, 1.807) is 0 Å². The van der Waals surface area contributed by atoms with Gasteiger partial charge in [0, 0.05) is 0 Å². The number of aliphatic hydroxyl groups is 1. The first-order valence-corrected chi connectivity index (χ1v) is 2.47. The van der Waals surface area contributed by atoms with Crippen LogP contribution >= 0.6 is 0 Å². The molecule has 44 valence electrons. The molecule has 0 saturated heterocycles. The van der Waals surface area contributed by atoms with Crippen molar-refractivity contribution in [1.29, 1.82) is 0 Å². The highest BCUT2D eigenvalue weighted by Gasteiger charge is 2.02. The summed E-state index contributed by atoms with van der Waals surface area (Å²) in [4.78, 5) is 0. The standard InChI is InChI=1S/C5H14NO/c1-6(2,3)4-5-7/h7H,4-5H2,1-3H3/q+1/i6+1. The first-order chi connectivity index (χ1) is 3.06. The van der Waals surface area contributed by atoms with Crippen LogP contribution in [0, 0.1) is 0 Å². The third kappa shape index (κ3) is 5.92. The molecule has 0 bridgehead atoms. The van der Waals surface area contributed by atoms with Crippen molar-refractivity contribution < 1.29 is 9.59 Å². The maximum Gasteiger partial charge on any atom is 0.101 e. The Morgan fingerprint density at radius 2 is 1.71 bits per heavy atom. The number of quaternary nitrogens is 1. The van der Waals surface area contributed by atoms with Crippen LogP contribution in [-0.4, -0.2) is 43.9 Å². The first kappa shape index (κ1) is 6.92. The van der Waals surface area contributed by atoms with Crippen molar-refractivity contribution in [3.05, 3.63) is 0 Å². The van der Waals surface area contributed by atoms with Gasteiger partial charge >= 0.3 is 0 Å². The van der Waals surface area contributed by atoms with Gasteiger partial charge in [0.2, 0.25) is 0 Å². The average molecular weight is 105 g/mol. The second-order valence-electron chi connectivity index (χ2n) is 2.74. The van der Waals surface area contributed by atoms with Crippen molar-refractivity contribution in [2.45, 2.75) is 0 Å². The number of rotatable bonds is 2. The average Bonchev–Trinajstić information content (AvgIpc) is 1.30. The lowest BCUT2D eigenvalue weighted by Gasteiger charge is -2.21. The SMILES string of the molecule is C[15N+](C)(C)CCO. The molecule has 0 aliphatic heterocycles. The van der Waals surface area contributed by atoms with Gasteiger partial charge in [-0.15, -0.1) is 0 Å². The van der Waals surface area contributed by atoms with Crippen LogP contribution in [0.2, 0.25) is 0 Å². The zero-order valence-electron chi connectivity index (χ0n) is 5.31. The van der Waals surface area contributed by atoms with Crippen molar-refractivity contribution in [3.8, 4) is 0 Å². The molecule has 0 fully saturated rings. The quantitative estimate of drug-likeness (QED) is 0.377. The summed E-state index contributed by atoms with van der Waals surface area (Å²) in [6.07, 6.45) is 0. The lowest BCUT2D eigenvalue weighted by molar-refractivity contribution is -0.870. The predicted octanol–water partition coefficient (Wildman–Crippen LogP) is -0.315. The normalized spacial score (nSPS) is 12.0. The Morgan fingerprint density at radius 3 is 1.71 bits per heavy atom. The van der Waals surface area contributed by atoms with Crippen LogP contribution in [0.1, 0.15) is 0 Å². The largest absolute Gasteiger partial charge is 0.391 e. The molecule has 0 amide bonds. The summed E-state index contributed by atoms with van der Waals surface area (Å²) in [5, 5.41) is 8.39. The zero-order chi connectivity index (χ0) is 5.91. The van der Waals surface area contributed by atoms with Crippen molar-refractivity contribution in [2.24, 2.45) is 0 Å². The zero-order valence-corrected chi connectivity index (χ0v) is 5.31. The Hall–Kier alpha value is -0.0800. The summed E-state index contributed by atoms with van der Waals surface area (Å²) in [6, 6.07) is 0. The highest BCUT2D eigenvalue weighted by molar-refractivity contribution is 4.19. The summed E-state index contributed by atoms with van der Waals surface area (Å²) in [5.41, 5.74) is 0. The lowest BCUT2D eigenvalue weighted by atomic mass is 10.7. The molecule has 0 atom stereocenters. The van der Waals surface area contributed by atoms with Gasteiger partial charge in [0.15, 0.2) is 0 Å². The molecule has 0 radical (unpaired) electrons. The Kier molecular flexibility index (Phi) is 2.26. The number of hydrogen-bond donors (Lipinski definition) is 1. The van der Waals surface area contributed by atoms with E-state index in [0.717, 1.165) is 11.0 Å². The Morgan fingerprint density at radius 1 is 1.29 bits per heavy atom. The summed E-state index contributed by atoms with van der Waals surface area (Å²) in [5.74, 6) is 0. The second-order valence-corrected chi connectivity index (χ2v) is 2.74. The maximum atomic E-state index is 8.39. The van der Waals surface area contributed by atoms with Crippen LogP contribution in [0.4, 0.5) is 0 Å². The molecule has 0 aromatic rings. The molecular weight excluding hydrogens is 91.1 g/mol. The van der Waals surface area contributed by atoms with Gasteiger partial charge in [-0.3, -0.25) is 0 Å². The number of aliphatic hydroxyl groups excluding tert-OH is 1. The smallest absolute Gasteiger partial charge is 0.101 e. The molecule has 0 aromatic heterocycles. The van der Waals surface area contributed by atoms with E-state index in [1.165, 1.54) is 0 Å². The van der Waals surface area contributed by atoms with Crippen LogP contribution in [0.5, 0.6) is 0 Å². The number of likely N-dealkylation sites (N-methyl/N-ethyl adjacent to an activating group) is 1. The van der Waals surface area contributed by atoms with Gasteiger partial charge in [-0.25, -0.2) is 0 Å². The monoisotopic (exact) mass is 105 g/mol. The van der Waals surface area contributed by atoms with Crippen molar-refractivity contribution >= 4 is 0 Å². The van der Waals surface area contributed by atoms with Crippen molar-refractivity contribution in [2.75, 3.05) is 34.3 Å². The van der Waals surface area contributed by atoms with Gasteiger partial charge in [-0.05, 0) is 0 Å². The molecule has 2 heteroatoms. The van der Waals surface area contributed by atoms with E-state index in [1.807, 2.05) is 0 Å². The van der Waals surface area contributed by atoms with Crippen LogP contribution in [0.3, 0.4) is 0 Å². The molecule has 0 aromatic carbocycles. The van der Waals surface area contributed by atoms with Gasteiger partial charge in [0.1, 0.15) is 6.54 Å². The lowest BCUT2D eigenvalue weighted by Crippen LogP contribution is -2.36. The first-order valence-electron chi connectivity index (χ1n) is 2.47. The summed E-state index contributed by atoms with van der Waals surface area (Å²) in [6.45, 7) is 1.11. The maximum absolute atomic E-state index is 8.39. The Balaban J connectivity index is 3.15. The summed E-state index contributed by atoms with van der Waals surface area (Å²) in [7, 11) is 6.16. The van der Waals surface area contributed by atoms with Crippen LogP contribution in [0.25, 0.3) is 0 Å². The molecule has 0 rings (SSSR count). The molecule has 0 aliphatic carbocycles. The van der Waals surface area contributed by atoms with Gasteiger partial charge in [-0.2, -0.15) is 0 Å². The second kappa shape index (κ2) is 2.28. The third-order valence-corrected chi connectivity index (χ3v) is 0.771. The van der Waals surface area contributed by atoms with Crippen molar-refractivity contribution in [3.63, 3.8) is 0 Å². The number of nitrogens with zero attached hydrogens (tertiary/aromatic N) is 1. The van der Waals surface area contributed by atoms with E-state index in [-0.39, 0.29) is 6.61 Å². The fourth-order valence-electron chi connectivity index (χ4n) is 0.300. The fraction of sp³-hybridized carbons (Fsp3) is 1.00.